The van der Waals surface area contributed by atoms with Crippen molar-refractivity contribution in [3.63, 3.8) is 0 Å². The normalized spacial score (nSPS) is 17.3. The Hall–Kier alpha value is -4.18. The van der Waals surface area contributed by atoms with Crippen LogP contribution in [0.25, 0.3) is 11.4 Å². The first-order valence-corrected chi connectivity index (χ1v) is 17.2. The third-order valence-electron chi connectivity index (χ3n) is 8.74. The van der Waals surface area contributed by atoms with Gasteiger partial charge >= 0.3 is 6.18 Å². The molecule has 2 N–H and O–H groups in total. The summed E-state index contributed by atoms with van der Waals surface area (Å²) < 4.78 is 63.5. The minimum atomic E-state index is -4.10. The minimum absolute atomic E-state index is 0.0937. The Labute approximate surface area is 289 Å². The lowest BCUT2D eigenvalue weighted by molar-refractivity contribution is -0.135. The number of hydrogen-bond donors (Lipinski definition) is 2. The minimum Gasteiger partial charge on any atom is -0.490 e. The Bertz CT molecular complexity index is 1600. The molecule has 2 atom stereocenters. The number of unbranched alkanes of at least 4 members (excludes halogenated alkanes) is 2. The first-order valence-electron chi connectivity index (χ1n) is 17.2. The van der Waals surface area contributed by atoms with Gasteiger partial charge in [0.1, 0.15) is 24.7 Å². The topological polar surface area (TPSA) is 130 Å². The number of nitrogens with zero attached hydrogens (tertiary/aromatic N) is 8. The maximum Gasteiger partial charge on any atom is 0.389 e. The van der Waals surface area contributed by atoms with Gasteiger partial charge in [-0.1, -0.05) is 24.3 Å². The van der Waals surface area contributed by atoms with E-state index < -0.39 is 12.6 Å². The van der Waals surface area contributed by atoms with E-state index in [1.54, 1.807) is 40.3 Å². The molecule has 4 aromatic heterocycles. The van der Waals surface area contributed by atoms with Gasteiger partial charge < -0.3 is 20.1 Å². The molecule has 2 fully saturated rings. The van der Waals surface area contributed by atoms with Crippen LogP contribution < -0.4 is 20.1 Å². The summed E-state index contributed by atoms with van der Waals surface area (Å²) in [5.74, 6) is 1.37. The van der Waals surface area contributed by atoms with Crippen molar-refractivity contribution in [2.75, 3.05) is 33.0 Å². The van der Waals surface area contributed by atoms with Gasteiger partial charge in [0, 0.05) is 36.1 Å². The molecule has 2 aliphatic rings. The predicted molar refractivity (Wildman–Crippen MR) is 179 cm³/mol. The number of ether oxygens (including phenoxy) is 2. The summed E-state index contributed by atoms with van der Waals surface area (Å²) in [7, 11) is 0. The van der Waals surface area contributed by atoms with Crippen molar-refractivity contribution >= 4 is 0 Å². The summed E-state index contributed by atoms with van der Waals surface area (Å²) in [6.45, 7) is 7.29. The highest BCUT2D eigenvalue weighted by Gasteiger charge is 2.26. The number of aryl methyl sites for hydroxylation is 1. The fourth-order valence-corrected chi connectivity index (χ4v) is 5.26. The molecule has 0 aliphatic carbocycles. The first kappa shape index (κ1) is 37.1. The van der Waals surface area contributed by atoms with Crippen molar-refractivity contribution in [1.29, 1.82) is 0 Å². The largest absolute Gasteiger partial charge is 0.490 e. The van der Waals surface area contributed by atoms with Gasteiger partial charge in [0.05, 0.1) is 66.6 Å². The van der Waals surface area contributed by atoms with Crippen LogP contribution >= 0.6 is 0 Å². The van der Waals surface area contributed by atoms with Crippen molar-refractivity contribution in [1.82, 2.24) is 50.6 Å². The lowest BCUT2D eigenvalue weighted by Gasteiger charge is -2.27. The average Bonchev–Trinajstić information content (AvgIpc) is 3.74. The molecule has 0 saturated carbocycles. The monoisotopic (exact) mass is 702 g/mol. The van der Waals surface area contributed by atoms with Crippen LogP contribution in [0, 0.1) is 0 Å². The fraction of sp³-hybridized carbons (Fsp3) is 0.588. The zero-order valence-electron chi connectivity index (χ0n) is 28.6. The van der Waals surface area contributed by atoms with Gasteiger partial charge in [-0.3, -0.25) is 14.4 Å². The molecule has 6 heterocycles. The van der Waals surface area contributed by atoms with Gasteiger partial charge in [0.2, 0.25) is 0 Å². The number of nitrogens with one attached hydrogen (secondary N) is 2. The number of pyridine rings is 2. The van der Waals surface area contributed by atoms with Gasteiger partial charge in [-0.05, 0) is 64.5 Å². The average molecular weight is 703 g/mol. The highest BCUT2D eigenvalue weighted by atomic mass is 19.4. The molecule has 0 spiro atoms. The third-order valence-corrected chi connectivity index (χ3v) is 8.74. The van der Waals surface area contributed by atoms with Gasteiger partial charge in [0.25, 0.3) is 0 Å². The zero-order valence-corrected chi connectivity index (χ0v) is 28.6. The van der Waals surface area contributed by atoms with Crippen LogP contribution in [0.4, 0.5) is 17.6 Å². The second-order valence-corrected chi connectivity index (χ2v) is 13.3. The molecular formula is C34H46F4N10O2. The molecule has 4 aromatic rings. The van der Waals surface area contributed by atoms with E-state index in [-0.39, 0.29) is 18.5 Å². The molecule has 0 aromatic carbocycles. The molecule has 16 heteroatoms. The molecule has 0 bridgehead atoms. The Balaban J connectivity index is 0.000000194. The van der Waals surface area contributed by atoms with E-state index in [1.807, 2.05) is 18.3 Å². The SMILES string of the molecule is CC(C)(CCCCF)c1cn(-c2cncc(OCC3CCN3)c2)nn1.FC(F)(F)CCCCc1cn(-c2cncc(OCC3CCN3)c2)nn1. The summed E-state index contributed by atoms with van der Waals surface area (Å²) >= 11 is 0. The van der Waals surface area contributed by atoms with Crippen LogP contribution in [-0.4, -0.2) is 91.2 Å². The fourth-order valence-electron chi connectivity index (χ4n) is 5.26. The van der Waals surface area contributed by atoms with E-state index in [0.29, 0.717) is 61.7 Å². The van der Waals surface area contributed by atoms with Gasteiger partial charge in [0.15, 0.2) is 0 Å². The van der Waals surface area contributed by atoms with E-state index >= 15 is 0 Å². The number of rotatable bonds is 17. The summed E-state index contributed by atoms with van der Waals surface area (Å²) in [5, 5.41) is 23.1. The van der Waals surface area contributed by atoms with Crippen LogP contribution in [0.3, 0.4) is 0 Å². The van der Waals surface area contributed by atoms with Gasteiger partial charge in [-0.25, -0.2) is 9.36 Å². The lowest BCUT2D eigenvalue weighted by Crippen LogP contribution is -2.46. The summed E-state index contributed by atoms with van der Waals surface area (Å²) in [6.07, 6.45) is 11.0. The quantitative estimate of drug-likeness (QED) is 0.108. The Morgan fingerprint density at radius 2 is 1.32 bits per heavy atom. The van der Waals surface area contributed by atoms with E-state index in [0.717, 1.165) is 55.9 Å². The van der Waals surface area contributed by atoms with Crippen LogP contribution in [0.1, 0.15) is 76.6 Å². The molecule has 12 nitrogen and oxygen atoms in total. The second kappa shape index (κ2) is 17.7. The Kier molecular flexibility index (Phi) is 13.1. The highest BCUT2D eigenvalue weighted by molar-refractivity contribution is 5.36. The number of aromatic nitrogens is 8. The van der Waals surface area contributed by atoms with Crippen LogP contribution in [0.15, 0.2) is 49.3 Å². The van der Waals surface area contributed by atoms with Crippen molar-refractivity contribution in [2.24, 2.45) is 0 Å². The molecule has 0 radical (unpaired) electrons. The Morgan fingerprint density at radius 1 is 0.760 bits per heavy atom. The van der Waals surface area contributed by atoms with Crippen molar-refractivity contribution < 1.29 is 27.0 Å². The van der Waals surface area contributed by atoms with Crippen molar-refractivity contribution in [2.45, 2.75) is 95.3 Å². The van der Waals surface area contributed by atoms with E-state index in [1.165, 1.54) is 0 Å². The number of hydrogen-bond acceptors (Lipinski definition) is 10. The summed E-state index contributed by atoms with van der Waals surface area (Å²) in [4.78, 5) is 8.37. The Morgan fingerprint density at radius 3 is 1.86 bits per heavy atom. The van der Waals surface area contributed by atoms with E-state index in [2.05, 4.69) is 55.1 Å². The van der Waals surface area contributed by atoms with Crippen LogP contribution in [0.2, 0.25) is 0 Å². The molecule has 0 amide bonds. The third kappa shape index (κ3) is 11.4. The molecule has 272 valence electrons. The summed E-state index contributed by atoms with van der Waals surface area (Å²) in [6, 6.07) is 4.55. The molecule has 2 saturated heterocycles. The standard InChI is InChI=1S/C18H26FN5O.C16H20F3N5O/c1-18(2,6-3-4-7-19)17-12-24(23-22-17)15-9-16(11-20-10-15)25-13-14-5-8-21-14;17-16(18,19)5-2-1-3-12-10-24(23-22-12)14-7-15(9-20-8-14)25-11-13-4-6-21-13/h9-12,14,21H,3-8,13H2,1-2H3;7-10,13,21H,1-6,11H2. The van der Waals surface area contributed by atoms with Crippen molar-refractivity contribution in [3.05, 3.63) is 60.7 Å². The first-order chi connectivity index (χ1) is 24.1. The van der Waals surface area contributed by atoms with Crippen LogP contribution in [0.5, 0.6) is 11.5 Å². The number of halogens is 4. The molecular weight excluding hydrogens is 656 g/mol. The lowest BCUT2D eigenvalue weighted by atomic mass is 9.84. The number of alkyl halides is 4. The summed E-state index contributed by atoms with van der Waals surface area (Å²) in [5.41, 5.74) is 2.94. The van der Waals surface area contributed by atoms with Crippen LogP contribution in [-0.2, 0) is 11.8 Å². The maximum atomic E-state index is 12.3. The van der Waals surface area contributed by atoms with E-state index in [4.69, 9.17) is 9.47 Å². The molecule has 2 unspecified atom stereocenters. The molecule has 50 heavy (non-hydrogen) atoms. The van der Waals surface area contributed by atoms with Gasteiger partial charge in [-0.2, -0.15) is 13.2 Å². The predicted octanol–water partition coefficient (Wildman–Crippen LogP) is 5.50. The maximum absolute atomic E-state index is 12.3. The van der Waals surface area contributed by atoms with E-state index in [9.17, 15) is 17.6 Å². The highest BCUT2D eigenvalue weighted by Crippen LogP contribution is 2.28. The molecule has 6 rings (SSSR count). The zero-order chi connectivity index (χ0) is 35.4. The van der Waals surface area contributed by atoms with Gasteiger partial charge in [-0.15, -0.1) is 10.2 Å². The van der Waals surface area contributed by atoms with Crippen molar-refractivity contribution in [3.8, 4) is 22.9 Å². The molecule has 2 aliphatic heterocycles. The second-order valence-electron chi connectivity index (χ2n) is 13.3. The smallest absolute Gasteiger partial charge is 0.389 e.